The SMILES string of the molecule is COc1ccc(/C=C(/C(=O)c2ccc(Cl)cc2)c2nc3ccccc3[nH]2)cc1. The Hall–Kier alpha value is -3.37. The normalized spacial score (nSPS) is 11.6. The molecule has 138 valence electrons. The Morgan fingerprint density at radius 3 is 2.39 bits per heavy atom. The van der Waals surface area contributed by atoms with Crippen LogP contribution >= 0.6 is 11.6 Å². The maximum absolute atomic E-state index is 13.3. The first-order chi connectivity index (χ1) is 13.6. The number of ether oxygens (including phenoxy) is 1. The number of Topliss-reactive ketones (excluding diaryl/α,β-unsaturated/α-hetero) is 1. The van der Waals surface area contributed by atoms with E-state index in [9.17, 15) is 4.79 Å². The number of nitrogens with one attached hydrogen (secondary N) is 1. The van der Waals surface area contributed by atoms with Crippen molar-refractivity contribution >= 4 is 40.1 Å². The predicted octanol–water partition coefficient (Wildman–Crippen LogP) is 5.65. The molecular weight excluding hydrogens is 372 g/mol. The average Bonchev–Trinajstić information content (AvgIpc) is 3.16. The van der Waals surface area contributed by atoms with Crippen molar-refractivity contribution in [1.82, 2.24) is 9.97 Å². The molecule has 1 N–H and O–H groups in total. The van der Waals surface area contributed by atoms with Crippen LogP contribution in [0.2, 0.25) is 5.02 Å². The highest BCUT2D eigenvalue weighted by molar-refractivity contribution is 6.33. The third kappa shape index (κ3) is 3.68. The van der Waals surface area contributed by atoms with E-state index in [1.807, 2.05) is 54.6 Å². The molecule has 1 heterocycles. The summed E-state index contributed by atoms with van der Waals surface area (Å²) in [5, 5.41) is 0.584. The number of rotatable bonds is 5. The number of imidazole rings is 1. The Morgan fingerprint density at radius 2 is 1.71 bits per heavy atom. The molecule has 0 fully saturated rings. The van der Waals surface area contributed by atoms with Gasteiger partial charge in [-0.2, -0.15) is 0 Å². The summed E-state index contributed by atoms with van der Waals surface area (Å²) in [4.78, 5) is 21.1. The number of halogens is 1. The zero-order valence-corrected chi connectivity index (χ0v) is 15.9. The highest BCUT2D eigenvalue weighted by Gasteiger charge is 2.18. The molecule has 4 aromatic rings. The zero-order chi connectivity index (χ0) is 19.5. The van der Waals surface area contributed by atoms with Gasteiger partial charge in [0.25, 0.3) is 0 Å². The number of ketones is 1. The lowest BCUT2D eigenvalue weighted by atomic mass is 10.0. The molecule has 0 unspecified atom stereocenters. The van der Waals surface area contributed by atoms with Gasteiger partial charge in [0.05, 0.1) is 23.7 Å². The van der Waals surface area contributed by atoms with Crippen LogP contribution in [0, 0.1) is 0 Å². The van der Waals surface area contributed by atoms with Crippen LogP contribution in [-0.4, -0.2) is 22.9 Å². The standard InChI is InChI=1S/C23H17ClN2O2/c1-28-18-12-6-15(7-13-18)14-19(22(27)16-8-10-17(24)11-9-16)23-25-20-4-2-3-5-21(20)26-23/h2-14H,1H3,(H,25,26)/b19-14-. The Balaban J connectivity index is 1.82. The molecule has 0 radical (unpaired) electrons. The van der Waals surface area contributed by atoms with E-state index in [1.54, 1.807) is 31.4 Å². The van der Waals surface area contributed by atoms with Crippen molar-refractivity contribution in [2.75, 3.05) is 7.11 Å². The highest BCUT2D eigenvalue weighted by Crippen LogP contribution is 2.25. The number of para-hydroxylation sites is 2. The summed E-state index contributed by atoms with van der Waals surface area (Å²) in [6.07, 6.45) is 1.83. The van der Waals surface area contributed by atoms with Gasteiger partial charge in [-0.25, -0.2) is 4.98 Å². The Bertz CT molecular complexity index is 1130. The average molecular weight is 389 g/mol. The van der Waals surface area contributed by atoms with Gasteiger partial charge in [0.2, 0.25) is 0 Å². The van der Waals surface area contributed by atoms with Crippen LogP contribution in [0.25, 0.3) is 22.7 Å². The molecule has 0 spiro atoms. The molecule has 3 aromatic carbocycles. The summed E-state index contributed by atoms with van der Waals surface area (Å²) in [6, 6.07) is 22.0. The number of hydrogen-bond acceptors (Lipinski definition) is 3. The van der Waals surface area contributed by atoms with E-state index in [0.29, 0.717) is 22.0 Å². The summed E-state index contributed by atoms with van der Waals surface area (Å²) >= 11 is 5.97. The molecule has 1 aromatic heterocycles. The summed E-state index contributed by atoms with van der Waals surface area (Å²) in [5.74, 6) is 1.15. The number of H-pyrrole nitrogens is 1. The Kier molecular flexibility index (Phi) is 4.96. The number of benzene rings is 3. The van der Waals surface area contributed by atoms with E-state index in [1.165, 1.54) is 0 Å². The summed E-state index contributed by atoms with van der Waals surface area (Å²) in [5.41, 5.74) is 3.58. The maximum Gasteiger partial charge on any atom is 0.196 e. The monoisotopic (exact) mass is 388 g/mol. The van der Waals surface area contributed by atoms with E-state index in [2.05, 4.69) is 9.97 Å². The number of allylic oxidation sites excluding steroid dienone is 1. The first-order valence-electron chi connectivity index (χ1n) is 8.75. The van der Waals surface area contributed by atoms with Gasteiger partial charge in [-0.05, 0) is 60.2 Å². The molecule has 28 heavy (non-hydrogen) atoms. The lowest BCUT2D eigenvalue weighted by molar-refractivity contribution is 0.105. The number of aromatic amines is 1. The van der Waals surface area contributed by atoms with Gasteiger partial charge < -0.3 is 9.72 Å². The van der Waals surface area contributed by atoms with Gasteiger partial charge in [0.1, 0.15) is 11.6 Å². The summed E-state index contributed by atoms with van der Waals surface area (Å²) in [6.45, 7) is 0. The van der Waals surface area contributed by atoms with Crippen LogP contribution in [0.15, 0.2) is 72.8 Å². The molecule has 0 aliphatic rings. The Labute approximate surface area is 167 Å². The molecule has 0 atom stereocenters. The van der Waals surface area contributed by atoms with E-state index in [-0.39, 0.29) is 5.78 Å². The number of carbonyl (C=O) groups is 1. The lowest BCUT2D eigenvalue weighted by Gasteiger charge is -2.06. The molecule has 5 heteroatoms. The minimum absolute atomic E-state index is 0.133. The second-order valence-corrected chi connectivity index (χ2v) is 6.71. The van der Waals surface area contributed by atoms with Crippen molar-refractivity contribution in [3.8, 4) is 5.75 Å². The van der Waals surface area contributed by atoms with Gasteiger partial charge in [0.15, 0.2) is 5.78 Å². The van der Waals surface area contributed by atoms with Crippen LogP contribution in [0.5, 0.6) is 5.75 Å². The van der Waals surface area contributed by atoms with Gasteiger partial charge in [-0.15, -0.1) is 0 Å². The fraction of sp³-hybridized carbons (Fsp3) is 0.0435. The van der Waals surface area contributed by atoms with Crippen molar-refractivity contribution in [3.05, 3.63) is 94.8 Å². The molecule has 0 saturated carbocycles. The van der Waals surface area contributed by atoms with E-state index in [4.69, 9.17) is 16.3 Å². The molecule has 0 bridgehead atoms. The van der Waals surface area contributed by atoms with Crippen molar-refractivity contribution in [2.45, 2.75) is 0 Å². The lowest BCUT2D eigenvalue weighted by Crippen LogP contribution is -2.04. The maximum atomic E-state index is 13.3. The number of nitrogens with zero attached hydrogens (tertiary/aromatic N) is 1. The first-order valence-corrected chi connectivity index (χ1v) is 9.13. The quantitative estimate of drug-likeness (QED) is 0.355. The second-order valence-electron chi connectivity index (χ2n) is 6.27. The largest absolute Gasteiger partial charge is 0.497 e. The second kappa shape index (κ2) is 7.71. The van der Waals surface area contributed by atoms with Crippen LogP contribution in [0.3, 0.4) is 0 Å². The van der Waals surface area contributed by atoms with Gasteiger partial charge in [-0.3, -0.25) is 4.79 Å². The van der Waals surface area contributed by atoms with Gasteiger partial charge >= 0.3 is 0 Å². The molecule has 4 nitrogen and oxygen atoms in total. The minimum Gasteiger partial charge on any atom is -0.497 e. The van der Waals surface area contributed by atoms with Gasteiger partial charge in [0, 0.05) is 10.6 Å². The summed E-state index contributed by atoms with van der Waals surface area (Å²) < 4.78 is 5.21. The van der Waals surface area contributed by atoms with E-state index in [0.717, 1.165) is 22.3 Å². The third-order valence-electron chi connectivity index (χ3n) is 4.42. The number of hydrogen-bond donors (Lipinski definition) is 1. The van der Waals surface area contributed by atoms with Crippen molar-refractivity contribution < 1.29 is 9.53 Å². The summed E-state index contributed by atoms with van der Waals surface area (Å²) in [7, 11) is 1.62. The number of aromatic nitrogens is 2. The fourth-order valence-electron chi connectivity index (χ4n) is 2.95. The van der Waals surface area contributed by atoms with E-state index >= 15 is 0 Å². The number of fused-ring (bicyclic) bond motifs is 1. The van der Waals surface area contributed by atoms with Crippen LogP contribution in [0.4, 0.5) is 0 Å². The topological polar surface area (TPSA) is 55.0 Å². The Morgan fingerprint density at radius 1 is 1.00 bits per heavy atom. The molecule has 0 aliphatic heterocycles. The van der Waals surface area contributed by atoms with Crippen LogP contribution < -0.4 is 4.74 Å². The molecule has 0 aliphatic carbocycles. The first kappa shape index (κ1) is 18.0. The van der Waals surface area contributed by atoms with Crippen LogP contribution in [0.1, 0.15) is 21.7 Å². The fourth-order valence-corrected chi connectivity index (χ4v) is 3.07. The van der Waals surface area contributed by atoms with Crippen molar-refractivity contribution in [2.24, 2.45) is 0 Å². The van der Waals surface area contributed by atoms with Crippen molar-refractivity contribution in [3.63, 3.8) is 0 Å². The smallest absolute Gasteiger partial charge is 0.196 e. The number of methoxy groups -OCH3 is 1. The van der Waals surface area contributed by atoms with Gasteiger partial charge in [-0.1, -0.05) is 35.9 Å². The van der Waals surface area contributed by atoms with Crippen LogP contribution in [-0.2, 0) is 0 Å². The number of carbonyl (C=O) groups excluding carboxylic acids is 1. The predicted molar refractivity (Wildman–Crippen MR) is 113 cm³/mol. The molecule has 0 saturated heterocycles. The molecular formula is C23H17ClN2O2. The minimum atomic E-state index is -0.133. The van der Waals surface area contributed by atoms with E-state index < -0.39 is 0 Å². The zero-order valence-electron chi connectivity index (χ0n) is 15.1. The third-order valence-corrected chi connectivity index (χ3v) is 4.67. The molecule has 4 rings (SSSR count). The van der Waals surface area contributed by atoms with Crippen molar-refractivity contribution in [1.29, 1.82) is 0 Å². The molecule has 0 amide bonds. The highest BCUT2D eigenvalue weighted by atomic mass is 35.5.